The third-order valence-electron chi connectivity index (χ3n) is 2.27. The van der Waals surface area contributed by atoms with Crippen LogP contribution in [0.3, 0.4) is 0 Å². The van der Waals surface area contributed by atoms with Gasteiger partial charge >= 0.3 is 0 Å². The van der Waals surface area contributed by atoms with Crippen molar-refractivity contribution in [2.75, 3.05) is 6.61 Å². The van der Waals surface area contributed by atoms with Crippen LogP contribution in [0.1, 0.15) is 33.6 Å². The molecule has 64 valence electrons. The van der Waals surface area contributed by atoms with E-state index >= 15 is 0 Å². The van der Waals surface area contributed by atoms with Gasteiger partial charge in [-0.25, -0.2) is 0 Å². The zero-order valence-corrected chi connectivity index (χ0v) is 7.52. The van der Waals surface area contributed by atoms with E-state index in [1.54, 1.807) is 6.92 Å². The van der Waals surface area contributed by atoms with Crippen molar-refractivity contribution < 1.29 is 9.53 Å². The fourth-order valence-corrected chi connectivity index (χ4v) is 1.58. The Morgan fingerprint density at radius 2 is 2.18 bits per heavy atom. The second-order valence-electron chi connectivity index (χ2n) is 3.91. The molecule has 0 amide bonds. The molecule has 0 saturated carbocycles. The molecular weight excluding hydrogens is 140 g/mol. The molecular formula is C9H16O2. The zero-order valence-electron chi connectivity index (χ0n) is 7.52. The van der Waals surface area contributed by atoms with Gasteiger partial charge in [0.1, 0.15) is 5.78 Å². The summed E-state index contributed by atoms with van der Waals surface area (Å²) in [5.74, 6) is 0.542. The van der Waals surface area contributed by atoms with Crippen LogP contribution in [-0.4, -0.2) is 18.0 Å². The van der Waals surface area contributed by atoms with Gasteiger partial charge in [-0.15, -0.1) is 0 Å². The molecule has 0 bridgehead atoms. The van der Waals surface area contributed by atoms with Crippen molar-refractivity contribution in [3.05, 3.63) is 0 Å². The Hall–Kier alpha value is -0.370. The van der Waals surface area contributed by atoms with Crippen LogP contribution in [0.4, 0.5) is 0 Å². The van der Waals surface area contributed by atoms with E-state index in [0.717, 1.165) is 19.4 Å². The van der Waals surface area contributed by atoms with Crippen LogP contribution in [0.15, 0.2) is 0 Å². The first kappa shape index (κ1) is 8.72. The largest absolute Gasteiger partial charge is 0.376 e. The van der Waals surface area contributed by atoms with Gasteiger partial charge in [0.25, 0.3) is 0 Å². The monoisotopic (exact) mass is 156 g/mol. The lowest BCUT2D eigenvalue weighted by Crippen LogP contribution is -2.36. The van der Waals surface area contributed by atoms with Gasteiger partial charge in [0.15, 0.2) is 0 Å². The molecule has 1 heterocycles. The lowest BCUT2D eigenvalue weighted by Gasteiger charge is -2.34. The molecule has 0 aromatic heterocycles. The van der Waals surface area contributed by atoms with Gasteiger partial charge in [-0.1, -0.05) is 0 Å². The minimum atomic E-state index is -0.0887. The molecule has 1 aliphatic rings. The van der Waals surface area contributed by atoms with Crippen LogP contribution in [0.5, 0.6) is 0 Å². The molecule has 0 radical (unpaired) electrons. The van der Waals surface area contributed by atoms with Gasteiger partial charge in [0.2, 0.25) is 0 Å². The SMILES string of the molecule is CC(=O)[C@H]1CCOC(C)(C)C1. The van der Waals surface area contributed by atoms with Crippen molar-refractivity contribution in [2.24, 2.45) is 5.92 Å². The maximum Gasteiger partial charge on any atom is 0.133 e. The molecule has 0 aromatic carbocycles. The summed E-state index contributed by atoms with van der Waals surface area (Å²) in [5.41, 5.74) is -0.0887. The predicted octanol–water partition coefficient (Wildman–Crippen LogP) is 1.78. The van der Waals surface area contributed by atoms with Crippen molar-refractivity contribution in [1.29, 1.82) is 0 Å². The van der Waals surface area contributed by atoms with Crippen LogP contribution < -0.4 is 0 Å². The van der Waals surface area contributed by atoms with Crippen LogP contribution in [0.2, 0.25) is 0 Å². The molecule has 1 atom stereocenters. The van der Waals surface area contributed by atoms with E-state index in [1.165, 1.54) is 0 Å². The van der Waals surface area contributed by atoms with Crippen molar-refractivity contribution in [3.8, 4) is 0 Å². The molecule has 1 aliphatic heterocycles. The summed E-state index contributed by atoms with van der Waals surface area (Å²) in [6.45, 7) is 6.49. The lowest BCUT2D eigenvalue weighted by molar-refractivity contribution is -0.131. The van der Waals surface area contributed by atoms with Gasteiger partial charge in [0.05, 0.1) is 5.60 Å². The molecule has 1 rings (SSSR count). The smallest absolute Gasteiger partial charge is 0.133 e. The Labute approximate surface area is 67.9 Å². The number of hydrogen-bond acceptors (Lipinski definition) is 2. The summed E-state index contributed by atoms with van der Waals surface area (Å²) in [6, 6.07) is 0. The Morgan fingerprint density at radius 3 is 2.55 bits per heavy atom. The van der Waals surface area contributed by atoms with Gasteiger partial charge in [-0.2, -0.15) is 0 Å². The van der Waals surface area contributed by atoms with E-state index in [1.807, 2.05) is 13.8 Å². The van der Waals surface area contributed by atoms with E-state index < -0.39 is 0 Å². The molecule has 11 heavy (non-hydrogen) atoms. The third-order valence-corrected chi connectivity index (χ3v) is 2.27. The minimum absolute atomic E-state index is 0.0887. The quantitative estimate of drug-likeness (QED) is 0.578. The second-order valence-corrected chi connectivity index (χ2v) is 3.91. The highest BCUT2D eigenvalue weighted by molar-refractivity contribution is 5.78. The van der Waals surface area contributed by atoms with Crippen molar-refractivity contribution in [3.63, 3.8) is 0 Å². The number of ether oxygens (including phenoxy) is 1. The average Bonchev–Trinajstić information content (AvgIpc) is 1.85. The summed E-state index contributed by atoms with van der Waals surface area (Å²) in [6.07, 6.45) is 1.78. The summed E-state index contributed by atoms with van der Waals surface area (Å²) in [4.78, 5) is 11.0. The summed E-state index contributed by atoms with van der Waals surface area (Å²) >= 11 is 0. The minimum Gasteiger partial charge on any atom is -0.376 e. The van der Waals surface area contributed by atoms with Gasteiger partial charge in [-0.05, 0) is 33.6 Å². The summed E-state index contributed by atoms with van der Waals surface area (Å²) < 4.78 is 5.49. The van der Waals surface area contributed by atoms with Crippen LogP contribution in [0.25, 0.3) is 0 Å². The Kier molecular flexibility index (Phi) is 2.33. The Bertz CT molecular complexity index is 161. The number of Topliss-reactive ketones (excluding diaryl/α,β-unsaturated/α-hetero) is 1. The fraction of sp³-hybridized carbons (Fsp3) is 0.889. The average molecular weight is 156 g/mol. The van der Waals surface area contributed by atoms with E-state index in [0.29, 0.717) is 5.78 Å². The topological polar surface area (TPSA) is 26.3 Å². The highest BCUT2D eigenvalue weighted by Crippen LogP contribution is 2.28. The highest BCUT2D eigenvalue weighted by Gasteiger charge is 2.30. The van der Waals surface area contributed by atoms with Gasteiger partial charge < -0.3 is 4.74 Å². The Balaban J connectivity index is 2.53. The molecule has 0 aromatic rings. The van der Waals surface area contributed by atoms with Gasteiger partial charge in [-0.3, -0.25) is 4.79 Å². The van der Waals surface area contributed by atoms with Gasteiger partial charge in [0, 0.05) is 12.5 Å². The van der Waals surface area contributed by atoms with Crippen LogP contribution in [-0.2, 0) is 9.53 Å². The highest BCUT2D eigenvalue weighted by atomic mass is 16.5. The molecule has 1 fully saturated rings. The predicted molar refractivity (Wildman–Crippen MR) is 43.4 cm³/mol. The van der Waals surface area contributed by atoms with Crippen LogP contribution >= 0.6 is 0 Å². The first-order chi connectivity index (χ1) is 5.01. The van der Waals surface area contributed by atoms with Crippen molar-refractivity contribution in [2.45, 2.75) is 39.2 Å². The second kappa shape index (κ2) is 2.94. The fourth-order valence-electron chi connectivity index (χ4n) is 1.58. The third kappa shape index (κ3) is 2.29. The molecule has 0 N–H and O–H groups in total. The standard InChI is InChI=1S/C9H16O2/c1-7(10)8-4-5-11-9(2,3)6-8/h8H,4-6H2,1-3H3/t8-/m0/s1. The van der Waals surface area contributed by atoms with E-state index in [9.17, 15) is 4.79 Å². The Morgan fingerprint density at radius 1 is 1.55 bits per heavy atom. The molecule has 2 heteroatoms. The number of hydrogen-bond donors (Lipinski definition) is 0. The van der Waals surface area contributed by atoms with Crippen molar-refractivity contribution in [1.82, 2.24) is 0 Å². The maximum atomic E-state index is 11.0. The van der Waals surface area contributed by atoms with E-state index in [-0.39, 0.29) is 11.5 Å². The van der Waals surface area contributed by atoms with Crippen LogP contribution in [0, 0.1) is 5.92 Å². The number of rotatable bonds is 1. The maximum absolute atomic E-state index is 11.0. The summed E-state index contributed by atoms with van der Waals surface area (Å²) in [5, 5.41) is 0. The summed E-state index contributed by atoms with van der Waals surface area (Å²) in [7, 11) is 0. The first-order valence-electron chi connectivity index (χ1n) is 4.16. The lowest BCUT2D eigenvalue weighted by atomic mass is 9.86. The molecule has 2 nitrogen and oxygen atoms in total. The number of ketones is 1. The number of carbonyl (C=O) groups is 1. The molecule has 0 unspecified atom stereocenters. The van der Waals surface area contributed by atoms with E-state index in [4.69, 9.17) is 4.74 Å². The molecule has 0 aliphatic carbocycles. The number of carbonyl (C=O) groups excluding carboxylic acids is 1. The normalized spacial score (nSPS) is 29.9. The molecule has 0 spiro atoms. The van der Waals surface area contributed by atoms with Crippen molar-refractivity contribution >= 4 is 5.78 Å². The molecule has 1 saturated heterocycles. The first-order valence-corrected chi connectivity index (χ1v) is 4.16. The van der Waals surface area contributed by atoms with E-state index in [2.05, 4.69) is 0 Å². The zero-order chi connectivity index (χ0) is 8.48.